The molecule has 0 fully saturated rings. The molecule has 3 N–H and O–H groups in total. The molecule has 0 unspecified atom stereocenters. The maximum absolute atomic E-state index is 12.9. The van der Waals surface area contributed by atoms with Crippen LogP contribution in [0.25, 0.3) is 46.4 Å². The molecule has 0 aromatic carbocycles. The number of H-pyrrole nitrogens is 2. The Balaban J connectivity index is 2.05. The number of nitrogens with zero attached hydrogens (tertiary/aromatic N) is 2. The highest BCUT2D eigenvalue weighted by atomic mass is 16.5. The number of rotatable bonds is 4. The second-order valence-electron chi connectivity index (χ2n) is 8.28. The molecule has 0 atom stereocenters. The Kier molecular flexibility index (Phi) is 6.28. The summed E-state index contributed by atoms with van der Waals surface area (Å²) in [5, 5.41) is 10.1. The molecule has 5 rings (SSSR count). The van der Waals surface area contributed by atoms with Crippen LogP contribution in [0.1, 0.15) is 64.2 Å². The molecule has 3 aromatic heterocycles. The predicted octanol–water partition coefficient (Wildman–Crippen LogP) is 3.71. The monoisotopic (exact) mass is 528 g/mol. The number of carbonyl (C=O) groups excluding carboxylic acids is 3. The van der Waals surface area contributed by atoms with Gasteiger partial charge in [0.25, 0.3) is 0 Å². The van der Waals surface area contributed by atoms with Gasteiger partial charge in [0.05, 0.1) is 66.2 Å². The molecule has 0 saturated carbocycles. The smallest absolute Gasteiger partial charge is 0.342 e. The lowest BCUT2D eigenvalue weighted by Gasteiger charge is -2.03. The number of aromatic carboxylic acids is 1. The Bertz CT molecular complexity index is 1690. The molecule has 12 nitrogen and oxygen atoms in total. The van der Waals surface area contributed by atoms with E-state index in [2.05, 4.69) is 19.9 Å². The average molecular weight is 528 g/mol. The van der Waals surface area contributed by atoms with Crippen LogP contribution in [0, 0.1) is 0 Å². The van der Waals surface area contributed by atoms with E-state index < -0.39 is 23.9 Å². The van der Waals surface area contributed by atoms with Gasteiger partial charge in [-0.2, -0.15) is 0 Å². The molecule has 0 spiro atoms. The van der Waals surface area contributed by atoms with E-state index in [0.717, 1.165) is 0 Å². The lowest BCUT2D eigenvalue weighted by molar-refractivity contribution is 0.0592. The molecule has 0 aliphatic carbocycles. The third-order valence-corrected chi connectivity index (χ3v) is 6.14. The van der Waals surface area contributed by atoms with Crippen LogP contribution in [0.4, 0.5) is 0 Å². The van der Waals surface area contributed by atoms with Gasteiger partial charge in [-0.25, -0.2) is 29.1 Å². The molecular formula is C27H20N4O8. The Morgan fingerprint density at radius 3 is 1.21 bits per heavy atom. The van der Waals surface area contributed by atoms with Crippen LogP contribution in [0.2, 0.25) is 0 Å². The van der Waals surface area contributed by atoms with Crippen molar-refractivity contribution in [2.45, 2.75) is 0 Å². The van der Waals surface area contributed by atoms with Crippen molar-refractivity contribution >= 4 is 70.2 Å². The first-order chi connectivity index (χ1) is 18.8. The van der Waals surface area contributed by atoms with E-state index in [1.165, 1.54) is 69.9 Å². The van der Waals surface area contributed by atoms with Gasteiger partial charge in [0.2, 0.25) is 0 Å². The molecule has 0 radical (unpaired) electrons. The number of carboxylic acid groups (broad SMARTS) is 1. The molecule has 0 saturated heterocycles. The predicted molar refractivity (Wildman–Crippen MR) is 140 cm³/mol. The molecule has 0 amide bonds. The van der Waals surface area contributed by atoms with E-state index in [-0.39, 0.29) is 67.1 Å². The van der Waals surface area contributed by atoms with E-state index >= 15 is 0 Å². The van der Waals surface area contributed by atoms with Crippen molar-refractivity contribution in [1.82, 2.24) is 19.9 Å². The second kappa shape index (κ2) is 9.74. The van der Waals surface area contributed by atoms with Gasteiger partial charge in [-0.15, -0.1) is 0 Å². The minimum absolute atomic E-state index is 0.00336. The number of fused-ring (bicyclic) bond motifs is 8. The van der Waals surface area contributed by atoms with Crippen molar-refractivity contribution in [2.75, 3.05) is 21.3 Å². The van der Waals surface area contributed by atoms with Gasteiger partial charge in [0, 0.05) is 0 Å². The molecule has 3 aromatic rings. The molecule has 196 valence electrons. The highest BCUT2D eigenvalue weighted by Crippen LogP contribution is 2.28. The summed E-state index contributed by atoms with van der Waals surface area (Å²) >= 11 is 0. The summed E-state index contributed by atoms with van der Waals surface area (Å²) in [5.41, 5.74) is 1.30. The Morgan fingerprint density at radius 2 is 0.872 bits per heavy atom. The van der Waals surface area contributed by atoms with E-state index in [9.17, 15) is 24.3 Å². The molecule has 2 aliphatic rings. The van der Waals surface area contributed by atoms with Crippen molar-refractivity contribution in [3.05, 3.63) is 69.3 Å². The number of aromatic amines is 2. The fourth-order valence-corrected chi connectivity index (χ4v) is 4.38. The van der Waals surface area contributed by atoms with Gasteiger partial charge in [-0.05, 0) is 48.6 Å². The fourth-order valence-electron chi connectivity index (χ4n) is 4.38. The van der Waals surface area contributed by atoms with E-state index in [1.807, 2.05) is 0 Å². The van der Waals surface area contributed by atoms with Crippen molar-refractivity contribution in [3.8, 4) is 0 Å². The molecule has 39 heavy (non-hydrogen) atoms. The number of hydrogen-bond acceptors (Lipinski definition) is 9. The zero-order valence-electron chi connectivity index (χ0n) is 20.8. The van der Waals surface area contributed by atoms with Gasteiger partial charge in [-0.3, -0.25) is 0 Å². The normalized spacial score (nSPS) is 11.8. The summed E-state index contributed by atoms with van der Waals surface area (Å²) in [6.45, 7) is 0. The molecular weight excluding hydrogens is 508 g/mol. The lowest BCUT2D eigenvalue weighted by atomic mass is 10.1. The van der Waals surface area contributed by atoms with Crippen LogP contribution in [0.5, 0.6) is 0 Å². The van der Waals surface area contributed by atoms with Crippen LogP contribution in [-0.4, -0.2) is 70.2 Å². The molecule has 8 bridgehead atoms. The van der Waals surface area contributed by atoms with Crippen LogP contribution in [0.15, 0.2) is 24.3 Å². The van der Waals surface area contributed by atoms with Crippen molar-refractivity contribution in [1.29, 1.82) is 0 Å². The van der Waals surface area contributed by atoms with Gasteiger partial charge in [0.15, 0.2) is 0 Å². The first kappa shape index (κ1) is 25.1. The number of nitrogens with one attached hydrogen (secondary N) is 2. The highest BCUT2D eigenvalue weighted by molar-refractivity contribution is 6.08. The number of esters is 3. The molecule has 5 heterocycles. The maximum atomic E-state index is 12.9. The van der Waals surface area contributed by atoms with E-state index in [4.69, 9.17) is 14.2 Å². The van der Waals surface area contributed by atoms with Crippen LogP contribution >= 0.6 is 0 Å². The van der Waals surface area contributed by atoms with Crippen molar-refractivity contribution < 1.29 is 38.5 Å². The second-order valence-corrected chi connectivity index (χ2v) is 8.28. The van der Waals surface area contributed by atoms with E-state index in [1.54, 1.807) is 0 Å². The number of hydrogen-bond donors (Lipinski definition) is 3. The zero-order valence-corrected chi connectivity index (χ0v) is 20.8. The lowest BCUT2D eigenvalue weighted by Crippen LogP contribution is -2.08. The summed E-state index contributed by atoms with van der Waals surface area (Å²) in [6.07, 6.45) is 6.05. The topological polar surface area (TPSA) is 174 Å². The minimum Gasteiger partial charge on any atom is -0.478 e. The van der Waals surface area contributed by atoms with Gasteiger partial charge < -0.3 is 29.3 Å². The minimum atomic E-state index is -1.27. The van der Waals surface area contributed by atoms with Gasteiger partial charge >= 0.3 is 23.9 Å². The fraction of sp³-hybridized carbons (Fsp3) is 0.111. The quantitative estimate of drug-likeness (QED) is 0.230. The van der Waals surface area contributed by atoms with Crippen molar-refractivity contribution in [3.63, 3.8) is 0 Å². The standard InChI is InChI=1S/C27H20N4O8/c1-37-25(34)21-14-6-4-12(28-14)20(24(32)33)13-5-7-15(29-13)22(26(35)38-2)17-9-11-19(31-17)23(27(36)39-3)18-10-8-16(21)30-18/h4-11,28-29H,1-3H3,(H,32,33). The third kappa shape index (κ3) is 4.23. The summed E-state index contributed by atoms with van der Waals surface area (Å²) < 4.78 is 14.9. The van der Waals surface area contributed by atoms with Crippen LogP contribution in [0.3, 0.4) is 0 Å². The maximum Gasteiger partial charge on any atom is 0.342 e. The summed E-state index contributed by atoms with van der Waals surface area (Å²) in [5.74, 6) is -3.48. The number of aromatic nitrogens is 4. The summed E-state index contributed by atoms with van der Waals surface area (Å²) in [4.78, 5) is 65.7. The Hall–Kier alpha value is -5.52. The number of methoxy groups -OCH3 is 3. The van der Waals surface area contributed by atoms with E-state index in [0.29, 0.717) is 0 Å². The molecule has 12 heteroatoms. The van der Waals surface area contributed by atoms with Crippen molar-refractivity contribution in [2.24, 2.45) is 0 Å². The Labute approximate surface area is 219 Å². The van der Waals surface area contributed by atoms with Crippen LogP contribution < -0.4 is 0 Å². The first-order valence-corrected chi connectivity index (χ1v) is 11.4. The number of carbonyl (C=O) groups is 4. The SMILES string of the molecule is COC(=O)c1c2nc(c(C(=O)OC)c3ccc([nH]3)c(C(=O)O)c3ccc([nH]3)c(C(=O)OC)c3nc1C=C3)C=C2. The van der Waals surface area contributed by atoms with Crippen LogP contribution in [-0.2, 0) is 14.2 Å². The first-order valence-electron chi connectivity index (χ1n) is 11.4. The summed E-state index contributed by atoms with van der Waals surface area (Å²) in [6, 6.07) is 6.02. The third-order valence-electron chi connectivity index (χ3n) is 6.14. The van der Waals surface area contributed by atoms with Gasteiger partial charge in [0.1, 0.15) is 22.3 Å². The average Bonchev–Trinajstić information content (AvgIpc) is 3.73. The largest absolute Gasteiger partial charge is 0.478 e. The zero-order chi connectivity index (χ0) is 27.8. The number of ether oxygens (including phenoxy) is 3. The van der Waals surface area contributed by atoms with Gasteiger partial charge in [-0.1, -0.05) is 0 Å². The highest BCUT2D eigenvalue weighted by Gasteiger charge is 2.25. The number of carboxylic acids is 1. The Morgan fingerprint density at radius 1 is 0.564 bits per heavy atom. The summed E-state index contributed by atoms with van der Waals surface area (Å²) in [7, 11) is 3.61. The molecule has 2 aliphatic heterocycles.